The van der Waals surface area contributed by atoms with Gasteiger partial charge < -0.3 is 34.9 Å². The molecule has 0 aliphatic heterocycles. The monoisotopic (exact) mass is 665 g/mol. The second-order valence-corrected chi connectivity index (χ2v) is 11.2. The zero-order valence-electron chi connectivity index (χ0n) is 28.1. The van der Waals surface area contributed by atoms with Gasteiger partial charge in [0.25, 0.3) is 0 Å². The van der Waals surface area contributed by atoms with Gasteiger partial charge in [-0.3, -0.25) is 0 Å². The molecule has 0 spiro atoms. The first-order chi connectivity index (χ1) is 23.0. The Labute approximate surface area is 282 Å². The van der Waals surface area contributed by atoms with Crippen molar-refractivity contribution < 1.29 is 48.3 Å². The highest BCUT2D eigenvalue weighted by Gasteiger charge is 2.41. The normalized spacial score (nSPS) is 11.8. The summed E-state index contributed by atoms with van der Waals surface area (Å²) in [6.07, 6.45) is 3.21. The van der Waals surface area contributed by atoms with Crippen molar-refractivity contribution in [2.75, 3.05) is 18.9 Å². The fraction of sp³-hybridized carbons (Fsp3) is 0.405. The summed E-state index contributed by atoms with van der Waals surface area (Å²) in [5, 5.41) is 18.6. The average molecular weight is 666 g/mol. The minimum atomic E-state index is -2.22. The lowest BCUT2D eigenvalue weighted by atomic mass is 10.1. The zero-order valence-corrected chi connectivity index (χ0v) is 28.1. The molecule has 2 unspecified atom stereocenters. The predicted octanol–water partition coefficient (Wildman–Crippen LogP) is 6.77. The van der Waals surface area contributed by atoms with E-state index < -0.39 is 36.1 Å². The molecule has 11 heteroatoms. The van der Waals surface area contributed by atoms with E-state index in [0.29, 0.717) is 13.2 Å². The number of carbonyl (C=O) groups excluding carboxylic acids is 2. The number of nitrogen functional groups attached to an aromatic ring is 1. The number of aliphatic carboxylic acids is 2. The molecule has 260 valence electrons. The number of anilines is 1. The lowest BCUT2D eigenvalue weighted by Crippen LogP contribution is -2.45. The number of aryl methyl sites for hydroxylation is 2. The Morgan fingerprint density at radius 2 is 1.17 bits per heavy atom. The molecule has 2 atom stereocenters. The van der Waals surface area contributed by atoms with Crippen molar-refractivity contribution in [1.82, 2.24) is 0 Å². The molecule has 3 rings (SSSR count). The van der Waals surface area contributed by atoms with E-state index >= 15 is 0 Å². The molecule has 0 aliphatic rings. The summed E-state index contributed by atoms with van der Waals surface area (Å²) in [4.78, 5) is 47.3. The Kier molecular flexibility index (Phi) is 17.2. The molecule has 48 heavy (non-hydrogen) atoms. The van der Waals surface area contributed by atoms with Crippen molar-refractivity contribution >= 4 is 29.6 Å². The molecule has 0 amide bonds. The third-order valence-electron chi connectivity index (χ3n) is 7.11. The average Bonchev–Trinajstić information content (AvgIpc) is 3.06. The molecular formula is C37H47NO10. The van der Waals surface area contributed by atoms with E-state index in [2.05, 4.69) is 6.92 Å². The van der Waals surface area contributed by atoms with Crippen molar-refractivity contribution in [3.8, 4) is 5.75 Å². The molecule has 3 aromatic carbocycles. The highest BCUT2D eigenvalue weighted by Crippen LogP contribution is 2.23. The molecule has 0 radical (unpaired) electrons. The van der Waals surface area contributed by atoms with Gasteiger partial charge in [0.1, 0.15) is 5.75 Å². The molecule has 0 aromatic heterocycles. The van der Waals surface area contributed by atoms with Gasteiger partial charge in [0.05, 0.1) is 24.3 Å². The molecular weight excluding hydrogens is 618 g/mol. The van der Waals surface area contributed by atoms with Crippen LogP contribution in [0.5, 0.6) is 5.75 Å². The van der Waals surface area contributed by atoms with Crippen LogP contribution in [0, 0.1) is 13.8 Å². The highest BCUT2D eigenvalue weighted by atomic mass is 16.6. The minimum absolute atomic E-state index is 0.0332. The number of ether oxygens (including phenoxy) is 4. The van der Waals surface area contributed by atoms with Crippen LogP contribution in [-0.2, 0) is 30.4 Å². The van der Waals surface area contributed by atoms with Crippen LogP contribution in [0.2, 0.25) is 0 Å². The van der Waals surface area contributed by atoms with Crippen LogP contribution in [0.4, 0.5) is 5.69 Å². The van der Waals surface area contributed by atoms with Crippen molar-refractivity contribution in [1.29, 1.82) is 0 Å². The zero-order chi connectivity index (χ0) is 35.5. The number of unbranched alkanes of at least 4 members (excludes halogenated alkanes) is 5. The molecule has 0 heterocycles. The minimum Gasteiger partial charge on any atom is -0.493 e. The first-order valence-corrected chi connectivity index (χ1v) is 16.1. The van der Waals surface area contributed by atoms with Gasteiger partial charge in [-0.05, 0) is 69.7 Å². The van der Waals surface area contributed by atoms with Gasteiger partial charge in [-0.1, -0.05) is 74.4 Å². The molecule has 11 nitrogen and oxygen atoms in total. The van der Waals surface area contributed by atoms with Gasteiger partial charge in [-0.25, -0.2) is 19.2 Å². The SMILES string of the molecule is CCCCCCCCOc1ccc(N)cc1COCC.Cc1ccc(C(=O)OC(C(=O)O)C(OC(=O)c2ccc(C)cc2)C(=O)O)cc1. The van der Waals surface area contributed by atoms with E-state index in [1.807, 2.05) is 25.1 Å². The number of nitrogens with two attached hydrogens (primary N) is 1. The molecule has 4 N–H and O–H groups in total. The fourth-order valence-corrected chi connectivity index (χ4v) is 4.36. The Bertz CT molecular complexity index is 1380. The highest BCUT2D eigenvalue weighted by molar-refractivity contribution is 5.95. The van der Waals surface area contributed by atoms with Crippen molar-refractivity contribution in [3.05, 3.63) is 94.5 Å². The Morgan fingerprint density at radius 1 is 0.688 bits per heavy atom. The number of carboxylic acid groups (broad SMARTS) is 2. The summed E-state index contributed by atoms with van der Waals surface area (Å²) < 4.78 is 21.0. The first kappa shape index (κ1) is 39.3. The smallest absolute Gasteiger partial charge is 0.349 e. The van der Waals surface area contributed by atoms with Crippen molar-refractivity contribution in [3.63, 3.8) is 0 Å². The Morgan fingerprint density at radius 3 is 1.62 bits per heavy atom. The van der Waals surface area contributed by atoms with E-state index in [1.165, 1.54) is 56.4 Å². The van der Waals surface area contributed by atoms with E-state index in [4.69, 9.17) is 24.7 Å². The summed E-state index contributed by atoms with van der Waals surface area (Å²) >= 11 is 0. The van der Waals surface area contributed by atoms with Crippen molar-refractivity contribution in [2.24, 2.45) is 0 Å². The summed E-state index contributed by atoms with van der Waals surface area (Å²) in [5.74, 6) is -4.72. The maximum Gasteiger partial charge on any atom is 0.349 e. The maximum atomic E-state index is 12.2. The van der Waals surface area contributed by atoms with E-state index in [1.54, 1.807) is 38.1 Å². The lowest BCUT2D eigenvalue weighted by molar-refractivity contribution is -0.166. The van der Waals surface area contributed by atoms with Crippen LogP contribution in [0.25, 0.3) is 0 Å². The summed E-state index contributed by atoms with van der Waals surface area (Å²) in [6.45, 7) is 9.85. The van der Waals surface area contributed by atoms with Crippen LogP contribution in [0.3, 0.4) is 0 Å². The Balaban J connectivity index is 0.000000353. The van der Waals surface area contributed by atoms with Gasteiger partial charge in [0, 0.05) is 17.9 Å². The van der Waals surface area contributed by atoms with Crippen LogP contribution < -0.4 is 10.5 Å². The van der Waals surface area contributed by atoms with Crippen LogP contribution in [-0.4, -0.2) is 59.5 Å². The quantitative estimate of drug-likeness (QED) is 0.0744. The third-order valence-corrected chi connectivity index (χ3v) is 7.11. The van der Waals surface area contributed by atoms with Crippen molar-refractivity contribution in [2.45, 2.75) is 85.0 Å². The third kappa shape index (κ3) is 13.8. The Hall–Kier alpha value is -4.90. The molecule has 3 aromatic rings. The van der Waals surface area contributed by atoms with Gasteiger partial charge in [-0.2, -0.15) is 0 Å². The van der Waals surface area contributed by atoms with Crippen LogP contribution in [0.15, 0.2) is 66.7 Å². The standard InChI is InChI=1S/C20H18O8.C17H29NO2/c1-11-3-7-13(8-4-11)19(25)27-15(17(21)22)16(18(23)24)28-20(26)14-9-5-12(2)6-10-14;1-3-5-6-7-8-9-12-20-17-11-10-16(18)13-15(17)14-19-4-2/h3-10,15-16H,1-2H3,(H,21,22)(H,23,24);10-11,13H,3-9,12,14,18H2,1-2H3. The summed E-state index contributed by atoms with van der Waals surface area (Å²) in [6, 6.07) is 17.8. The molecule has 0 fully saturated rings. The number of benzene rings is 3. The van der Waals surface area contributed by atoms with E-state index in [-0.39, 0.29) is 11.1 Å². The molecule has 0 saturated carbocycles. The fourth-order valence-electron chi connectivity index (χ4n) is 4.36. The lowest BCUT2D eigenvalue weighted by Gasteiger charge is -2.21. The number of carboxylic acids is 2. The van der Waals surface area contributed by atoms with Gasteiger partial charge in [0.2, 0.25) is 12.2 Å². The molecule has 0 aliphatic carbocycles. The number of rotatable bonds is 18. The number of carbonyl (C=O) groups is 4. The predicted molar refractivity (Wildman–Crippen MR) is 181 cm³/mol. The largest absolute Gasteiger partial charge is 0.493 e. The van der Waals surface area contributed by atoms with Gasteiger partial charge in [0.15, 0.2) is 0 Å². The summed E-state index contributed by atoms with van der Waals surface area (Å²) in [7, 11) is 0. The maximum absolute atomic E-state index is 12.2. The number of hydrogen-bond donors (Lipinski definition) is 3. The van der Waals surface area contributed by atoms with E-state index in [9.17, 15) is 29.4 Å². The topological polar surface area (TPSA) is 172 Å². The van der Waals surface area contributed by atoms with Crippen LogP contribution >= 0.6 is 0 Å². The van der Waals surface area contributed by atoms with Gasteiger partial charge >= 0.3 is 23.9 Å². The second kappa shape index (κ2) is 21.1. The molecule has 0 bridgehead atoms. The first-order valence-electron chi connectivity index (χ1n) is 16.1. The number of hydrogen-bond acceptors (Lipinski definition) is 9. The van der Waals surface area contributed by atoms with E-state index in [0.717, 1.165) is 41.2 Å². The van der Waals surface area contributed by atoms with Crippen LogP contribution in [0.1, 0.15) is 89.8 Å². The number of esters is 2. The second-order valence-electron chi connectivity index (χ2n) is 11.2. The molecule has 0 saturated heterocycles. The van der Waals surface area contributed by atoms with Gasteiger partial charge in [-0.15, -0.1) is 0 Å². The summed E-state index contributed by atoms with van der Waals surface area (Å²) in [5.41, 5.74) is 9.40.